The Bertz CT molecular complexity index is 853. The van der Waals surface area contributed by atoms with Crippen LogP contribution in [0.1, 0.15) is 28.8 Å². The van der Waals surface area contributed by atoms with E-state index >= 15 is 0 Å². The Morgan fingerprint density at radius 1 is 0.933 bits per heavy atom. The molecule has 7 nitrogen and oxygen atoms in total. The molecule has 1 saturated heterocycles. The Morgan fingerprint density at radius 2 is 1.57 bits per heavy atom. The molecule has 0 atom stereocenters. The number of amides is 1. The van der Waals surface area contributed by atoms with Gasteiger partial charge in [-0.1, -0.05) is 12.1 Å². The molecule has 1 aliphatic heterocycles. The zero-order valence-electron chi connectivity index (χ0n) is 18.1. The molecule has 2 aromatic carbocycles. The zero-order valence-corrected chi connectivity index (χ0v) is 18.1. The van der Waals surface area contributed by atoms with Gasteiger partial charge in [0, 0.05) is 12.1 Å². The first-order valence-corrected chi connectivity index (χ1v) is 10.1. The van der Waals surface area contributed by atoms with Crippen molar-refractivity contribution in [2.75, 3.05) is 53.4 Å². The quantitative estimate of drug-likeness (QED) is 0.676. The molecule has 1 aliphatic rings. The van der Waals surface area contributed by atoms with Crippen LogP contribution in [0.25, 0.3) is 0 Å². The summed E-state index contributed by atoms with van der Waals surface area (Å²) in [4.78, 5) is 15.6. The molecular formula is C23H30N2O5. The van der Waals surface area contributed by atoms with Crippen LogP contribution < -0.4 is 24.3 Å². The monoisotopic (exact) mass is 414 g/mol. The summed E-state index contributed by atoms with van der Waals surface area (Å²) in [5.41, 5.74) is 2.14. The molecule has 0 aliphatic carbocycles. The molecule has 1 fully saturated rings. The summed E-state index contributed by atoms with van der Waals surface area (Å²) in [6.07, 6.45) is 3.34. The molecule has 0 spiro atoms. The fourth-order valence-electron chi connectivity index (χ4n) is 3.78. The molecule has 2 aromatic rings. The summed E-state index contributed by atoms with van der Waals surface area (Å²) >= 11 is 0. The number of rotatable bonds is 9. The lowest BCUT2D eigenvalue weighted by Crippen LogP contribution is -2.23. The van der Waals surface area contributed by atoms with E-state index < -0.39 is 0 Å². The molecule has 30 heavy (non-hydrogen) atoms. The Labute approximate surface area is 177 Å². The van der Waals surface area contributed by atoms with E-state index in [0.29, 0.717) is 34.2 Å². The number of para-hydroxylation sites is 1. The minimum absolute atomic E-state index is 0.277. The van der Waals surface area contributed by atoms with E-state index in [4.69, 9.17) is 18.9 Å². The van der Waals surface area contributed by atoms with Crippen LogP contribution >= 0.6 is 0 Å². The highest BCUT2D eigenvalue weighted by Crippen LogP contribution is 2.38. The van der Waals surface area contributed by atoms with Gasteiger partial charge in [0.25, 0.3) is 5.91 Å². The lowest BCUT2D eigenvalue weighted by atomic mass is 10.1. The summed E-state index contributed by atoms with van der Waals surface area (Å²) in [5.74, 6) is 1.66. The Hall–Kier alpha value is -2.93. The number of ether oxygens (including phenoxy) is 4. The third-order valence-electron chi connectivity index (χ3n) is 5.39. The summed E-state index contributed by atoms with van der Waals surface area (Å²) in [7, 11) is 6.18. The minimum Gasteiger partial charge on any atom is -0.495 e. The second kappa shape index (κ2) is 10.2. The van der Waals surface area contributed by atoms with E-state index in [1.54, 1.807) is 19.2 Å². The first-order chi connectivity index (χ1) is 14.6. The van der Waals surface area contributed by atoms with Crippen molar-refractivity contribution < 1.29 is 23.7 Å². The van der Waals surface area contributed by atoms with Crippen LogP contribution in [-0.2, 0) is 6.42 Å². The normalized spacial score (nSPS) is 13.7. The number of carbonyl (C=O) groups is 1. The maximum atomic E-state index is 13.1. The molecule has 0 aromatic heterocycles. The Kier molecular flexibility index (Phi) is 7.41. The van der Waals surface area contributed by atoms with E-state index in [2.05, 4.69) is 10.2 Å². The fourth-order valence-corrected chi connectivity index (χ4v) is 3.78. The van der Waals surface area contributed by atoms with Crippen molar-refractivity contribution in [3.05, 3.63) is 41.5 Å². The number of nitrogens with one attached hydrogen (secondary N) is 1. The van der Waals surface area contributed by atoms with Crippen LogP contribution in [0.3, 0.4) is 0 Å². The first-order valence-electron chi connectivity index (χ1n) is 10.1. The molecular weight excluding hydrogens is 384 g/mol. The summed E-state index contributed by atoms with van der Waals surface area (Å²) in [5, 5.41) is 3.03. The predicted molar refractivity (Wildman–Crippen MR) is 116 cm³/mol. The van der Waals surface area contributed by atoms with Gasteiger partial charge in [-0.15, -0.1) is 0 Å². The lowest BCUT2D eigenvalue weighted by Gasteiger charge is -2.19. The number of nitrogens with zero attached hydrogens (tertiary/aromatic N) is 1. The average Bonchev–Trinajstić information content (AvgIpc) is 3.30. The first kappa shape index (κ1) is 21.8. The van der Waals surface area contributed by atoms with Gasteiger partial charge in [0.2, 0.25) is 5.75 Å². The summed E-state index contributed by atoms with van der Waals surface area (Å²) in [6.45, 7) is 3.23. The Balaban J connectivity index is 1.86. The van der Waals surface area contributed by atoms with Gasteiger partial charge in [0.1, 0.15) is 5.75 Å². The van der Waals surface area contributed by atoms with Crippen LogP contribution in [0.4, 0.5) is 5.69 Å². The van der Waals surface area contributed by atoms with Gasteiger partial charge in [-0.05, 0) is 56.1 Å². The van der Waals surface area contributed by atoms with Crippen molar-refractivity contribution in [3.8, 4) is 23.0 Å². The minimum atomic E-state index is -0.277. The van der Waals surface area contributed by atoms with Crippen molar-refractivity contribution in [1.29, 1.82) is 0 Å². The summed E-state index contributed by atoms with van der Waals surface area (Å²) < 4.78 is 21.6. The number of anilines is 1. The van der Waals surface area contributed by atoms with Crippen LogP contribution in [-0.4, -0.2) is 58.9 Å². The topological polar surface area (TPSA) is 69.3 Å². The molecule has 1 N–H and O–H groups in total. The maximum Gasteiger partial charge on any atom is 0.256 e. The molecule has 0 bridgehead atoms. The van der Waals surface area contributed by atoms with Gasteiger partial charge in [0.05, 0.1) is 34.1 Å². The lowest BCUT2D eigenvalue weighted by molar-refractivity contribution is 0.102. The highest BCUT2D eigenvalue weighted by molar-refractivity contribution is 6.06. The van der Waals surface area contributed by atoms with Crippen LogP contribution in [0.2, 0.25) is 0 Å². The van der Waals surface area contributed by atoms with Crippen molar-refractivity contribution in [2.24, 2.45) is 0 Å². The smallest absolute Gasteiger partial charge is 0.256 e. The van der Waals surface area contributed by atoms with E-state index in [-0.39, 0.29) is 5.91 Å². The van der Waals surface area contributed by atoms with Gasteiger partial charge >= 0.3 is 0 Å². The number of hydrogen-bond donors (Lipinski definition) is 1. The summed E-state index contributed by atoms with van der Waals surface area (Å²) in [6, 6.07) is 9.10. The molecule has 3 rings (SSSR count). The van der Waals surface area contributed by atoms with Gasteiger partial charge in [-0.3, -0.25) is 4.79 Å². The van der Waals surface area contributed by atoms with Crippen molar-refractivity contribution >= 4 is 11.6 Å². The average molecular weight is 415 g/mol. The third kappa shape index (κ3) is 4.79. The van der Waals surface area contributed by atoms with E-state index in [1.807, 2.05) is 18.2 Å². The molecule has 0 unspecified atom stereocenters. The molecule has 1 heterocycles. The van der Waals surface area contributed by atoms with Crippen LogP contribution in [0, 0.1) is 0 Å². The number of hydrogen-bond acceptors (Lipinski definition) is 6. The van der Waals surface area contributed by atoms with Crippen LogP contribution in [0.5, 0.6) is 23.0 Å². The van der Waals surface area contributed by atoms with Crippen molar-refractivity contribution in [2.45, 2.75) is 19.3 Å². The van der Waals surface area contributed by atoms with Crippen molar-refractivity contribution in [1.82, 2.24) is 4.90 Å². The number of methoxy groups -OCH3 is 4. The van der Waals surface area contributed by atoms with Gasteiger partial charge < -0.3 is 29.2 Å². The third-order valence-corrected chi connectivity index (χ3v) is 5.39. The van der Waals surface area contributed by atoms with E-state index in [0.717, 1.165) is 31.6 Å². The standard InChI is InChI=1S/C23H30N2O5/c1-27-18-9-7-8-16(10-13-25-11-5-6-12-25)21(18)24-23(26)17-14-19(28-2)22(30-4)20(15-17)29-3/h7-9,14-15H,5-6,10-13H2,1-4H3,(H,24,26). The molecule has 7 heteroatoms. The zero-order chi connectivity index (χ0) is 21.5. The van der Waals surface area contributed by atoms with Crippen LogP contribution in [0.15, 0.2) is 30.3 Å². The highest BCUT2D eigenvalue weighted by Gasteiger charge is 2.20. The molecule has 0 radical (unpaired) electrons. The fraction of sp³-hybridized carbons (Fsp3) is 0.435. The highest BCUT2D eigenvalue weighted by atomic mass is 16.5. The van der Waals surface area contributed by atoms with Gasteiger partial charge in [0.15, 0.2) is 11.5 Å². The Morgan fingerprint density at radius 3 is 2.13 bits per heavy atom. The number of benzene rings is 2. The van der Waals surface area contributed by atoms with Gasteiger partial charge in [-0.25, -0.2) is 0 Å². The SMILES string of the molecule is COc1cccc(CCN2CCCC2)c1NC(=O)c1cc(OC)c(OC)c(OC)c1. The molecule has 162 valence electrons. The maximum absolute atomic E-state index is 13.1. The van der Waals surface area contributed by atoms with Crippen molar-refractivity contribution in [3.63, 3.8) is 0 Å². The number of likely N-dealkylation sites (tertiary alicyclic amines) is 1. The van der Waals surface area contributed by atoms with Gasteiger partial charge in [-0.2, -0.15) is 0 Å². The predicted octanol–water partition coefficient (Wildman–Crippen LogP) is 3.61. The second-order valence-corrected chi connectivity index (χ2v) is 7.16. The largest absolute Gasteiger partial charge is 0.495 e. The van der Waals surface area contributed by atoms with E-state index in [9.17, 15) is 4.79 Å². The van der Waals surface area contributed by atoms with E-state index in [1.165, 1.54) is 34.2 Å². The molecule has 0 saturated carbocycles. The number of carbonyl (C=O) groups excluding carboxylic acids is 1. The second-order valence-electron chi connectivity index (χ2n) is 7.16. The molecule has 1 amide bonds.